The highest BCUT2D eigenvalue weighted by molar-refractivity contribution is 7.99. The van der Waals surface area contributed by atoms with Crippen molar-refractivity contribution in [3.8, 4) is 0 Å². The van der Waals surface area contributed by atoms with E-state index in [2.05, 4.69) is 15.4 Å². The Morgan fingerprint density at radius 2 is 1.72 bits per heavy atom. The van der Waals surface area contributed by atoms with Crippen LogP contribution < -0.4 is 15.4 Å². The predicted octanol–water partition coefficient (Wildman–Crippen LogP) is 6.91. The second kappa shape index (κ2) is 16.7. The van der Waals surface area contributed by atoms with Gasteiger partial charge in [-0.15, -0.1) is 0 Å². The van der Waals surface area contributed by atoms with Gasteiger partial charge >= 0.3 is 12.1 Å². The van der Waals surface area contributed by atoms with Crippen LogP contribution in [0.5, 0.6) is 0 Å². The molecule has 1 saturated carbocycles. The molecule has 3 N–H and O–H groups in total. The number of rotatable bonds is 13. The zero-order chi connectivity index (χ0) is 33.3. The van der Waals surface area contributed by atoms with E-state index < -0.39 is 46.7 Å². The Kier molecular flexibility index (Phi) is 13.1. The fraction of sp³-hybridized carbons (Fsp3) is 0.529. The summed E-state index contributed by atoms with van der Waals surface area (Å²) in [5.41, 5.74) is 0.919. The Morgan fingerprint density at radius 1 is 1.00 bits per heavy atom. The molecule has 1 aliphatic carbocycles. The average Bonchev–Trinajstić information content (AvgIpc) is 3.45. The molecule has 4 rings (SSSR count). The van der Waals surface area contributed by atoms with Crippen LogP contribution in [0.15, 0.2) is 48.5 Å². The summed E-state index contributed by atoms with van der Waals surface area (Å²) in [4.78, 5) is 52.0. The molecule has 2 fully saturated rings. The van der Waals surface area contributed by atoms with Gasteiger partial charge < -0.3 is 20.1 Å². The van der Waals surface area contributed by atoms with E-state index in [9.17, 15) is 19.2 Å². The summed E-state index contributed by atoms with van der Waals surface area (Å²) in [7, 11) is 1.25. The molecule has 250 valence electrons. The summed E-state index contributed by atoms with van der Waals surface area (Å²) in [6.07, 6.45) is 5.11. The first-order chi connectivity index (χ1) is 22.0. The molecule has 0 radical (unpaired) electrons. The third kappa shape index (κ3) is 9.78. The Labute approximate surface area is 285 Å². The number of carbonyl (C=O) groups excluding carboxylic acids is 4. The van der Waals surface area contributed by atoms with Gasteiger partial charge in [-0.1, -0.05) is 93.4 Å². The van der Waals surface area contributed by atoms with Crippen molar-refractivity contribution in [3.05, 3.63) is 69.7 Å². The highest BCUT2D eigenvalue weighted by atomic mass is 35.5. The van der Waals surface area contributed by atoms with Gasteiger partial charge in [-0.3, -0.25) is 14.3 Å². The van der Waals surface area contributed by atoms with Crippen LogP contribution in [0, 0.1) is 11.8 Å². The molecule has 2 aliphatic rings. The molecule has 46 heavy (non-hydrogen) atoms. The van der Waals surface area contributed by atoms with Gasteiger partial charge in [0.05, 0.1) is 7.11 Å². The van der Waals surface area contributed by atoms with Gasteiger partial charge in [-0.2, -0.15) is 0 Å². The Bertz CT molecular complexity index is 1370. The first-order valence-electron chi connectivity index (χ1n) is 15.8. The molecule has 2 aromatic rings. The minimum atomic E-state index is -0.986. The van der Waals surface area contributed by atoms with E-state index in [0.717, 1.165) is 55.2 Å². The first kappa shape index (κ1) is 35.9. The van der Waals surface area contributed by atoms with E-state index in [0.29, 0.717) is 35.3 Å². The molecule has 1 heterocycles. The lowest BCUT2D eigenvalue weighted by atomic mass is 9.76. The Balaban J connectivity index is 1.50. The molecule has 1 aliphatic heterocycles. The number of hydrogen-bond donors (Lipinski definition) is 3. The predicted molar refractivity (Wildman–Crippen MR) is 181 cm³/mol. The summed E-state index contributed by atoms with van der Waals surface area (Å²) >= 11 is 13.4. The van der Waals surface area contributed by atoms with E-state index in [1.54, 1.807) is 18.2 Å². The fourth-order valence-electron chi connectivity index (χ4n) is 6.27. The van der Waals surface area contributed by atoms with E-state index >= 15 is 0 Å². The van der Waals surface area contributed by atoms with Crippen molar-refractivity contribution in [3.63, 3.8) is 0 Å². The minimum Gasteiger partial charge on any atom is -0.467 e. The second-order valence-electron chi connectivity index (χ2n) is 12.6. The molecular weight excluding hydrogens is 649 g/mol. The van der Waals surface area contributed by atoms with Crippen molar-refractivity contribution in [1.29, 1.82) is 0 Å². The lowest BCUT2D eigenvalue weighted by Crippen LogP contribution is -2.47. The van der Waals surface area contributed by atoms with Gasteiger partial charge in [-0.25, -0.2) is 9.59 Å². The highest BCUT2D eigenvalue weighted by Crippen LogP contribution is 2.41. The third-order valence-corrected chi connectivity index (χ3v) is 10.4. The van der Waals surface area contributed by atoms with Gasteiger partial charge in [0.15, 0.2) is 0 Å². The number of amides is 3. The summed E-state index contributed by atoms with van der Waals surface area (Å²) in [5.74, 6) is -1.25. The van der Waals surface area contributed by atoms with Crippen LogP contribution in [0.3, 0.4) is 0 Å². The van der Waals surface area contributed by atoms with Crippen LogP contribution >= 0.6 is 35.1 Å². The average molecular weight is 693 g/mol. The summed E-state index contributed by atoms with van der Waals surface area (Å²) in [6.45, 7) is 4.47. The SMILES string of the molecule is COC(=O)[C@H](C[C@@H]1CCNC1=O)NC(=O)[C@H](CC1CCCCC1)SNC(=O)OC(c1ccc(Cl)cc1)C(C)(C)c1cccc(Cl)c1. The molecule has 0 aromatic heterocycles. The van der Waals surface area contributed by atoms with Gasteiger partial charge in [0.25, 0.3) is 0 Å². The molecule has 0 spiro atoms. The molecule has 1 saturated heterocycles. The Hall–Kier alpha value is -2.95. The topological polar surface area (TPSA) is 123 Å². The number of nitrogens with one attached hydrogen (secondary N) is 3. The molecule has 1 unspecified atom stereocenters. The van der Waals surface area contributed by atoms with Crippen molar-refractivity contribution in [2.45, 2.75) is 88.0 Å². The van der Waals surface area contributed by atoms with Gasteiger partial charge in [0.1, 0.15) is 17.4 Å². The monoisotopic (exact) mass is 691 g/mol. The zero-order valence-corrected chi connectivity index (χ0v) is 28.8. The number of methoxy groups -OCH3 is 1. The molecule has 12 heteroatoms. The molecular formula is C34H43Cl2N3O6S. The number of ether oxygens (including phenoxy) is 2. The maximum atomic E-state index is 13.7. The summed E-state index contributed by atoms with van der Waals surface area (Å²) < 4.78 is 13.8. The van der Waals surface area contributed by atoms with E-state index in [1.165, 1.54) is 7.11 Å². The van der Waals surface area contributed by atoms with E-state index in [1.807, 2.05) is 44.2 Å². The number of esters is 1. The molecule has 4 atom stereocenters. The second-order valence-corrected chi connectivity index (χ2v) is 14.5. The van der Waals surface area contributed by atoms with Crippen molar-refractivity contribution in [2.75, 3.05) is 13.7 Å². The largest absolute Gasteiger partial charge is 0.467 e. The van der Waals surface area contributed by atoms with Crippen molar-refractivity contribution in [1.82, 2.24) is 15.4 Å². The van der Waals surface area contributed by atoms with Gasteiger partial charge in [0.2, 0.25) is 11.8 Å². The van der Waals surface area contributed by atoms with Crippen molar-refractivity contribution >= 4 is 59.0 Å². The molecule has 3 amide bonds. The molecule has 2 aromatic carbocycles. The van der Waals surface area contributed by atoms with E-state index in [-0.39, 0.29) is 12.3 Å². The van der Waals surface area contributed by atoms with Gasteiger partial charge in [-0.05, 0) is 72.5 Å². The van der Waals surface area contributed by atoms with Crippen LogP contribution in [0.25, 0.3) is 0 Å². The molecule has 0 bridgehead atoms. The maximum Gasteiger partial charge on any atom is 0.417 e. The Morgan fingerprint density at radius 3 is 2.35 bits per heavy atom. The van der Waals surface area contributed by atoms with Crippen LogP contribution in [-0.2, 0) is 29.3 Å². The lowest BCUT2D eigenvalue weighted by molar-refractivity contribution is -0.145. The number of benzene rings is 2. The van der Waals surface area contributed by atoms with Gasteiger partial charge in [0, 0.05) is 27.9 Å². The lowest BCUT2D eigenvalue weighted by Gasteiger charge is -2.35. The maximum absolute atomic E-state index is 13.7. The van der Waals surface area contributed by atoms with Crippen LogP contribution in [0.4, 0.5) is 4.79 Å². The standard InChI is InChI=1S/C34H43Cl2N3O6S/c1-34(2,24-10-7-11-26(36)20-24)29(22-12-14-25(35)15-13-22)45-33(43)39-46-28(18-21-8-5-4-6-9-21)31(41)38-27(32(42)44-3)19-23-16-17-37-30(23)40/h7,10-15,20-21,23,27-29H,4-6,8-9,16-19H2,1-3H3,(H,37,40)(H,38,41)(H,39,43)/t23-,27-,28-,29?/m0/s1. The minimum absolute atomic E-state index is 0.141. The molecule has 9 nitrogen and oxygen atoms in total. The number of hydrogen-bond acceptors (Lipinski definition) is 7. The number of carbonyl (C=O) groups is 4. The number of halogens is 2. The van der Waals surface area contributed by atoms with Crippen molar-refractivity contribution < 1.29 is 28.7 Å². The zero-order valence-electron chi connectivity index (χ0n) is 26.5. The smallest absolute Gasteiger partial charge is 0.417 e. The van der Waals surface area contributed by atoms with Crippen LogP contribution in [-0.4, -0.2) is 48.8 Å². The normalized spacial score (nSPS) is 19.0. The summed E-state index contributed by atoms with van der Waals surface area (Å²) in [6, 6.07) is 13.5. The van der Waals surface area contributed by atoms with Crippen LogP contribution in [0.1, 0.15) is 82.4 Å². The van der Waals surface area contributed by atoms with Crippen LogP contribution in [0.2, 0.25) is 10.0 Å². The highest BCUT2D eigenvalue weighted by Gasteiger charge is 2.38. The van der Waals surface area contributed by atoms with Crippen molar-refractivity contribution in [2.24, 2.45) is 11.8 Å². The third-order valence-electron chi connectivity index (χ3n) is 8.96. The quantitative estimate of drug-likeness (QED) is 0.154. The first-order valence-corrected chi connectivity index (χ1v) is 17.4. The fourth-order valence-corrected chi connectivity index (χ4v) is 7.42. The van der Waals surface area contributed by atoms with E-state index in [4.69, 9.17) is 32.7 Å². The summed E-state index contributed by atoms with van der Waals surface area (Å²) in [5, 5.41) is 6.01.